The van der Waals surface area contributed by atoms with Crippen LogP contribution in [0.15, 0.2) is 24.3 Å². The van der Waals surface area contributed by atoms with Crippen LogP contribution in [0.25, 0.3) is 0 Å². The number of esters is 1. The molecule has 0 saturated carbocycles. The summed E-state index contributed by atoms with van der Waals surface area (Å²) in [6, 6.07) is 6.17. The summed E-state index contributed by atoms with van der Waals surface area (Å²) in [4.78, 5) is 11.9. The molecule has 122 valence electrons. The number of carbonyl (C=O) groups is 1. The first-order chi connectivity index (χ1) is 10.3. The minimum atomic E-state index is -4.64. The molecule has 3 nitrogen and oxygen atoms in total. The molecule has 2 rings (SSSR count). The number of hydrogen-bond donors (Lipinski definition) is 0. The van der Waals surface area contributed by atoms with Crippen molar-refractivity contribution in [2.75, 3.05) is 6.61 Å². The zero-order valence-corrected chi connectivity index (χ0v) is 14.1. The summed E-state index contributed by atoms with van der Waals surface area (Å²) < 4.78 is 50.2. The summed E-state index contributed by atoms with van der Waals surface area (Å²) in [5.74, 6) is -1.20. The smallest absolute Gasteiger partial charge is 0.428 e. The van der Waals surface area contributed by atoms with Crippen molar-refractivity contribution in [1.29, 1.82) is 0 Å². The summed E-state index contributed by atoms with van der Waals surface area (Å²) in [6.45, 7) is 2.18. The first-order valence-electron chi connectivity index (χ1n) is 6.97. The van der Waals surface area contributed by atoms with Gasteiger partial charge < -0.3 is 9.47 Å². The van der Waals surface area contributed by atoms with Crippen molar-refractivity contribution in [1.82, 2.24) is 0 Å². The third-order valence-corrected chi connectivity index (χ3v) is 4.28. The van der Waals surface area contributed by atoms with E-state index in [1.165, 1.54) is 12.1 Å². The van der Waals surface area contributed by atoms with Gasteiger partial charge in [-0.2, -0.15) is 13.2 Å². The molecule has 22 heavy (non-hydrogen) atoms. The van der Waals surface area contributed by atoms with Gasteiger partial charge in [-0.05, 0) is 53.3 Å². The van der Waals surface area contributed by atoms with Gasteiger partial charge in [0.15, 0.2) is 0 Å². The molecule has 1 aromatic rings. The van der Waals surface area contributed by atoms with Gasteiger partial charge in [0, 0.05) is 9.49 Å². The molecule has 0 bridgehead atoms. The number of carbonyl (C=O) groups excluding carboxylic acids is 1. The average molecular weight is 428 g/mol. The number of alkyl halides is 3. The van der Waals surface area contributed by atoms with E-state index in [0.29, 0.717) is 6.42 Å². The first kappa shape index (κ1) is 17.5. The molecule has 1 aliphatic rings. The Labute approximate surface area is 140 Å². The summed E-state index contributed by atoms with van der Waals surface area (Å²) in [6.07, 6.45) is -6.58. The van der Waals surface area contributed by atoms with Gasteiger partial charge in [-0.25, -0.2) is 4.79 Å². The second-order valence-corrected chi connectivity index (χ2v) is 6.47. The molecule has 0 N–H and O–H groups in total. The monoisotopic (exact) mass is 428 g/mol. The van der Waals surface area contributed by atoms with Gasteiger partial charge in [0.25, 0.3) is 0 Å². The molecule has 0 amide bonds. The maximum atomic E-state index is 13.2. The molecule has 0 aromatic heterocycles. The van der Waals surface area contributed by atoms with Crippen LogP contribution in [0.1, 0.15) is 30.1 Å². The third-order valence-electron chi connectivity index (χ3n) is 3.56. The molecule has 7 heteroatoms. The summed E-state index contributed by atoms with van der Waals surface area (Å²) >= 11 is 2.04. The summed E-state index contributed by atoms with van der Waals surface area (Å²) in [7, 11) is 0. The predicted molar refractivity (Wildman–Crippen MR) is 82.6 cm³/mol. The second-order valence-electron chi connectivity index (χ2n) is 5.22. The van der Waals surface area contributed by atoms with Gasteiger partial charge in [-0.15, -0.1) is 0 Å². The van der Waals surface area contributed by atoms with E-state index < -0.39 is 24.4 Å². The van der Waals surface area contributed by atoms with Crippen molar-refractivity contribution in [2.45, 2.75) is 38.1 Å². The fourth-order valence-corrected chi connectivity index (χ4v) is 2.75. The highest BCUT2D eigenvalue weighted by atomic mass is 127. The van der Waals surface area contributed by atoms with E-state index in [0.717, 1.165) is 9.99 Å². The predicted octanol–water partition coefficient (Wildman–Crippen LogP) is 4.19. The van der Waals surface area contributed by atoms with E-state index in [1.54, 1.807) is 12.1 Å². The molecule has 1 heterocycles. The lowest BCUT2D eigenvalue weighted by Crippen LogP contribution is -2.55. The standard InChI is InChI=1S/C15H16F3IO3/c1-2-3-10-8-21-12(10)13(15(16,17)18)22-14(20)9-4-6-11(19)7-5-9/h4-7,10,12-13H,2-3,8H2,1H3. The second kappa shape index (κ2) is 7.16. The van der Waals surface area contributed by atoms with Gasteiger partial charge in [-0.3, -0.25) is 0 Å². The lowest BCUT2D eigenvalue weighted by molar-refractivity contribution is -0.274. The van der Waals surface area contributed by atoms with Crippen LogP contribution in [0.4, 0.5) is 13.2 Å². The Morgan fingerprint density at radius 3 is 2.50 bits per heavy atom. The number of rotatable bonds is 5. The molecule has 0 radical (unpaired) electrons. The zero-order chi connectivity index (χ0) is 16.3. The highest BCUT2D eigenvalue weighted by Gasteiger charge is 2.54. The van der Waals surface area contributed by atoms with E-state index in [1.807, 2.05) is 29.5 Å². The largest absolute Gasteiger partial charge is 0.446 e. The van der Waals surface area contributed by atoms with E-state index in [-0.39, 0.29) is 18.1 Å². The number of benzene rings is 1. The maximum absolute atomic E-state index is 13.2. The van der Waals surface area contributed by atoms with Crippen LogP contribution in [0.3, 0.4) is 0 Å². The van der Waals surface area contributed by atoms with Gasteiger partial charge in [0.05, 0.1) is 12.2 Å². The summed E-state index contributed by atoms with van der Waals surface area (Å²) in [5, 5.41) is 0. The molecule has 1 saturated heterocycles. The lowest BCUT2D eigenvalue weighted by atomic mass is 9.89. The Hall–Kier alpha value is -0.830. The lowest BCUT2D eigenvalue weighted by Gasteiger charge is -2.41. The van der Waals surface area contributed by atoms with Gasteiger partial charge >= 0.3 is 12.1 Å². The Kier molecular flexibility index (Phi) is 5.70. The molecule has 1 aliphatic heterocycles. The summed E-state index contributed by atoms with van der Waals surface area (Å²) in [5.41, 5.74) is 0.0982. The van der Waals surface area contributed by atoms with Crippen molar-refractivity contribution < 1.29 is 27.4 Å². The maximum Gasteiger partial charge on any atom is 0.428 e. The average Bonchev–Trinajstić information content (AvgIpc) is 2.42. The van der Waals surface area contributed by atoms with E-state index in [4.69, 9.17) is 9.47 Å². The molecular formula is C15H16F3IO3. The van der Waals surface area contributed by atoms with Crippen molar-refractivity contribution in [3.05, 3.63) is 33.4 Å². The van der Waals surface area contributed by atoms with Crippen molar-refractivity contribution in [3.8, 4) is 0 Å². The molecule has 1 aromatic carbocycles. The number of ether oxygens (including phenoxy) is 2. The minimum Gasteiger partial charge on any atom is -0.446 e. The third kappa shape index (κ3) is 4.13. The molecular weight excluding hydrogens is 412 g/mol. The Bertz CT molecular complexity index is 516. The van der Waals surface area contributed by atoms with Crippen molar-refractivity contribution >= 4 is 28.6 Å². The van der Waals surface area contributed by atoms with Crippen LogP contribution in [0.5, 0.6) is 0 Å². The fourth-order valence-electron chi connectivity index (χ4n) is 2.39. The van der Waals surface area contributed by atoms with E-state index in [9.17, 15) is 18.0 Å². The van der Waals surface area contributed by atoms with Crippen LogP contribution < -0.4 is 0 Å². The molecule has 0 aliphatic carbocycles. The molecule has 3 atom stereocenters. The first-order valence-corrected chi connectivity index (χ1v) is 8.05. The van der Waals surface area contributed by atoms with Crippen LogP contribution in [-0.2, 0) is 9.47 Å². The SMILES string of the molecule is CCCC1COC1C(OC(=O)c1ccc(I)cc1)C(F)(F)F. The van der Waals surface area contributed by atoms with Crippen LogP contribution in [0.2, 0.25) is 0 Å². The number of halogens is 4. The van der Waals surface area contributed by atoms with Crippen LogP contribution in [0, 0.1) is 9.49 Å². The molecule has 3 unspecified atom stereocenters. The Balaban J connectivity index is 2.10. The molecule has 1 fully saturated rings. The van der Waals surface area contributed by atoms with Gasteiger partial charge in [-0.1, -0.05) is 13.3 Å². The van der Waals surface area contributed by atoms with Gasteiger partial charge in [0.1, 0.15) is 6.10 Å². The zero-order valence-electron chi connectivity index (χ0n) is 11.9. The normalized spacial score (nSPS) is 22.8. The van der Waals surface area contributed by atoms with E-state index in [2.05, 4.69) is 0 Å². The van der Waals surface area contributed by atoms with Crippen LogP contribution in [-0.4, -0.2) is 31.0 Å². The quantitative estimate of drug-likeness (QED) is 0.521. The van der Waals surface area contributed by atoms with Crippen molar-refractivity contribution in [2.24, 2.45) is 5.92 Å². The van der Waals surface area contributed by atoms with Crippen molar-refractivity contribution in [3.63, 3.8) is 0 Å². The molecule has 0 spiro atoms. The van der Waals surface area contributed by atoms with Gasteiger partial charge in [0.2, 0.25) is 6.10 Å². The van der Waals surface area contributed by atoms with E-state index >= 15 is 0 Å². The topological polar surface area (TPSA) is 35.5 Å². The Morgan fingerprint density at radius 1 is 1.41 bits per heavy atom. The van der Waals surface area contributed by atoms with Crippen LogP contribution >= 0.6 is 22.6 Å². The highest BCUT2D eigenvalue weighted by molar-refractivity contribution is 14.1. The number of hydrogen-bond acceptors (Lipinski definition) is 3. The highest BCUT2D eigenvalue weighted by Crippen LogP contribution is 2.37. The fraction of sp³-hybridized carbons (Fsp3) is 0.533. The minimum absolute atomic E-state index is 0.0982. The Morgan fingerprint density at radius 2 is 2.05 bits per heavy atom.